The highest BCUT2D eigenvalue weighted by atomic mass is 19.3. The molecule has 0 atom stereocenters. The van der Waals surface area contributed by atoms with Crippen LogP contribution in [0.5, 0.6) is 0 Å². The molecule has 0 aliphatic rings. The van der Waals surface area contributed by atoms with Gasteiger partial charge >= 0.3 is 6.43 Å². The molecule has 0 heterocycles. The van der Waals surface area contributed by atoms with Crippen LogP contribution in [0, 0.1) is 0 Å². The van der Waals surface area contributed by atoms with E-state index in [4.69, 9.17) is 0 Å². The average Bonchev–Trinajstić information content (AvgIpc) is 2.03. The Hall–Kier alpha value is -0.670. The van der Waals surface area contributed by atoms with Gasteiger partial charge in [-0.1, -0.05) is 19.8 Å². The van der Waals surface area contributed by atoms with Crippen LogP contribution in [0.15, 0.2) is 0 Å². The zero-order chi connectivity index (χ0) is 9.56. The lowest BCUT2D eigenvalue weighted by Gasteiger charge is -2.15. The largest absolute Gasteiger partial charge is 0.341 e. The number of carbonyl (C=O) groups is 1. The third kappa shape index (κ3) is 4.26. The predicted octanol–water partition coefficient (Wildman–Crippen LogP) is 1.90. The monoisotopic (exact) mass is 179 g/mol. The van der Waals surface area contributed by atoms with E-state index in [0.717, 1.165) is 24.2 Å². The van der Waals surface area contributed by atoms with Crippen LogP contribution in [-0.4, -0.2) is 30.8 Å². The highest BCUT2D eigenvalue weighted by Crippen LogP contribution is 2.01. The molecule has 1 amide bonds. The van der Waals surface area contributed by atoms with Crippen molar-refractivity contribution >= 4 is 5.91 Å². The van der Waals surface area contributed by atoms with E-state index in [9.17, 15) is 13.6 Å². The van der Waals surface area contributed by atoms with Gasteiger partial charge in [0.05, 0.1) is 0 Å². The predicted molar refractivity (Wildman–Crippen MR) is 43.2 cm³/mol. The van der Waals surface area contributed by atoms with Crippen LogP contribution in [-0.2, 0) is 4.79 Å². The molecule has 0 aliphatic heterocycles. The fourth-order valence-corrected chi connectivity index (χ4v) is 0.876. The van der Waals surface area contributed by atoms with Crippen molar-refractivity contribution in [2.24, 2.45) is 0 Å². The van der Waals surface area contributed by atoms with Gasteiger partial charge in [0.15, 0.2) is 0 Å². The van der Waals surface area contributed by atoms with Crippen molar-refractivity contribution in [2.75, 3.05) is 13.6 Å². The fourth-order valence-electron chi connectivity index (χ4n) is 0.876. The summed E-state index contributed by atoms with van der Waals surface area (Å²) in [5.74, 6) is -1.08. The van der Waals surface area contributed by atoms with E-state index in [1.54, 1.807) is 0 Å². The highest BCUT2D eigenvalue weighted by Gasteiger charge is 2.18. The molecule has 0 aromatic heterocycles. The first kappa shape index (κ1) is 11.3. The summed E-state index contributed by atoms with van der Waals surface area (Å²) < 4.78 is 23.6. The van der Waals surface area contributed by atoms with Gasteiger partial charge in [0, 0.05) is 13.6 Å². The van der Waals surface area contributed by atoms with E-state index in [1.807, 2.05) is 6.92 Å². The molecule has 0 radical (unpaired) electrons. The molecule has 0 N–H and O–H groups in total. The van der Waals surface area contributed by atoms with E-state index in [-0.39, 0.29) is 0 Å². The van der Waals surface area contributed by atoms with Gasteiger partial charge in [-0.25, -0.2) is 0 Å². The van der Waals surface area contributed by atoms with Crippen molar-refractivity contribution in [3.8, 4) is 0 Å². The minimum absolute atomic E-state index is 0.428. The first-order valence-electron chi connectivity index (χ1n) is 4.12. The Bertz CT molecular complexity index is 139. The number of rotatable bonds is 5. The average molecular weight is 179 g/mol. The van der Waals surface area contributed by atoms with Crippen LogP contribution in [0.1, 0.15) is 26.2 Å². The Balaban J connectivity index is 3.57. The molecule has 0 unspecified atom stereocenters. The van der Waals surface area contributed by atoms with Crippen molar-refractivity contribution < 1.29 is 13.6 Å². The summed E-state index contributed by atoms with van der Waals surface area (Å²) >= 11 is 0. The molecule has 0 saturated carbocycles. The van der Waals surface area contributed by atoms with E-state index < -0.39 is 12.3 Å². The number of unbranched alkanes of at least 4 members (excludes halogenated alkanes) is 2. The van der Waals surface area contributed by atoms with Crippen molar-refractivity contribution in [1.82, 2.24) is 4.90 Å². The minimum Gasteiger partial charge on any atom is -0.341 e. The first-order valence-corrected chi connectivity index (χ1v) is 4.12. The van der Waals surface area contributed by atoms with Crippen LogP contribution >= 0.6 is 0 Å². The summed E-state index contributed by atoms with van der Waals surface area (Å²) in [7, 11) is 1.41. The maximum Gasteiger partial charge on any atom is 0.315 e. The molecule has 0 aromatic carbocycles. The second-order valence-corrected chi connectivity index (χ2v) is 2.77. The van der Waals surface area contributed by atoms with E-state index >= 15 is 0 Å². The van der Waals surface area contributed by atoms with Crippen LogP contribution in [0.2, 0.25) is 0 Å². The summed E-state index contributed by atoms with van der Waals surface area (Å²) in [5.41, 5.74) is 0. The molecule has 4 heteroatoms. The maximum atomic E-state index is 11.8. The van der Waals surface area contributed by atoms with Gasteiger partial charge in [-0.3, -0.25) is 4.79 Å². The Morgan fingerprint density at radius 2 is 2.00 bits per heavy atom. The van der Waals surface area contributed by atoms with Gasteiger partial charge in [0.25, 0.3) is 5.91 Å². The molecular formula is C8H15F2NO. The quantitative estimate of drug-likeness (QED) is 0.590. The smallest absolute Gasteiger partial charge is 0.315 e. The molecule has 2 nitrogen and oxygen atoms in total. The Kier molecular flexibility index (Phi) is 5.58. The number of halogens is 2. The molecule has 72 valence electrons. The van der Waals surface area contributed by atoms with Gasteiger partial charge in [0.2, 0.25) is 0 Å². The molecule has 0 aromatic rings. The maximum absolute atomic E-state index is 11.8. The summed E-state index contributed by atoms with van der Waals surface area (Å²) in [5, 5.41) is 0. The number of hydrogen-bond donors (Lipinski definition) is 0. The Morgan fingerprint density at radius 1 is 1.42 bits per heavy atom. The normalized spacial score (nSPS) is 10.4. The summed E-state index contributed by atoms with van der Waals surface area (Å²) in [6, 6.07) is 0. The molecule has 0 rings (SSSR count). The van der Waals surface area contributed by atoms with E-state index in [2.05, 4.69) is 0 Å². The lowest BCUT2D eigenvalue weighted by Crippen LogP contribution is -2.32. The van der Waals surface area contributed by atoms with Gasteiger partial charge in [0.1, 0.15) is 0 Å². The van der Waals surface area contributed by atoms with Gasteiger partial charge in [-0.2, -0.15) is 8.78 Å². The number of nitrogens with zero attached hydrogens (tertiary/aromatic N) is 1. The molecular weight excluding hydrogens is 164 g/mol. The first-order chi connectivity index (χ1) is 5.59. The van der Waals surface area contributed by atoms with Crippen molar-refractivity contribution in [1.29, 1.82) is 0 Å². The zero-order valence-corrected chi connectivity index (χ0v) is 7.52. The highest BCUT2D eigenvalue weighted by molar-refractivity contribution is 5.78. The second kappa shape index (κ2) is 5.91. The van der Waals surface area contributed by atoms with Crippen LogP contribution in [0.3, 0.4) is 0 Å². The van der Waals surface area contributed by atoms with Gasteiger partial charge < -0.3 is 4.90 Å². The number of alkyl halides is 2. The van der Waals surface area contributed by atoms with Crippen LogP contribution < -0.4 is 0 Å². The topological polar surface area (TPSA) is 20.3 Å². The SMILES string of the molecule is CCCCCN(C)C(=O)C(F)F. The third-order valence-corrected chi connectivity index (χ3v) is 1.66. The van der Waals surface area contributed by atoms with E-state index in [1.165, 1.54) is 7.05 Å². The molecule has 0 saturated heterocycles. The second-order valence-electron chi connectivity index (χ2n) is 2.77. The minimum atomic E-state index is -2.86. The molecule has 0 spiro atoms. The third-order valence-electron chi connectivity index (χ3n) is 1.66. The van der Waals surface area contributed by atoms with Crippen LogP contribution in [0.25, 0.3) is 0 Å². The number of carbonyl (C=O) groups excluding carboxylic acids is 1. The van der Waals surface area contributed by atoms with Gasteiger partial charge in [-0.15, -0.1) is 0 Å². The lowest BCUT2D eigenvalue weighted by atomic mass is 10.2. The van der Waals surface area contributed by atoms with Crippen LogP contribution in [0.4, 0.5) is 8.78 Å². The molecule has 0 fully saturated rings. The van der Waals surface area contributed by atoms with Crippen molar-refractivity contribution in [3.63, 3.8) is 0 Å². The number of amides is 1. The van der Waals surface area contributed by atoms with Crippen molar-refractivity contribution in [2.45, 2.75) is 32.6 Å². The van der Waals surface area contributed by atoms with Crippen molar-refractivity contribution in [3.05, 3.63) is 0 Å². The molecule has 12 heavy (non-hydrogen) atoms. The van der Waals surface area contributed by atoms with E-state index in [0.29, 0.717) is 6.54 Å². The fraction of sp³-hybridized carbons (Fsp3) is 0.875. The standard InChI is InChI=1S/C8H15F2NO/c1-3-4-5-6-11(2)8(12)7(9)10/h7H,3-6H2,1-2H3. The Labute approximate surface area is 71.5 Å². The summed E-state index contributed by atoms with van der Waals surface area (Å²) in [6.07, 6.45) is -0.0696. The molecule has 0 bridgehead atoms. The number of hydrogen-bond acceptors (Lipinski definition) is 1. The Morgan fingerprint density at radius 3 is 2.42 bits per heavy atom. The lowest BCUT2D eigenvalue weighted by molar-refractivity contribution is -0.141. The summed E-state index contributed by atoms with van der Waals surface area (Å²) in [6.45, 7) is 2.45. The summed E-state index contributed by atoms with van der Waals surface area (Å²) in [4.78, 5) is 11.7. The molecule has 0 aliphatic carbocycles. The zero-order valence-electron chi connectivity index (χ0n) is 7.52. The van der Waals surface area contributed by atoms with Gasteiger partial charge in [-0.05, 0) is 6.42 Å².